The Bertz CT molecular complexity index is 1190. The number of ether oxygens (including phenoxy) is 2. The third-order valence-corrected chi connectivity index (χ3v) is 4.43. The lowest BCUT2D eigenvalue weighted by Gasteiger charge is -2.21. The van der Waals surface area contributed by atoms with Crippen molar-refractivity contribution in [3.8, 4) is 11.5 Å². The number of hydrogen-bond donors (Lipinski definition) is 1. The quantitative estimate of drug-likeness (QED) is 0.552. The van der Waals surface area contributed by atoms with Crippen molar-refractivity contribution in [1.29, 1.82) is 0 Å². The number of para-hydroxylation sites is 4. The highest BCUT2D eigenvalue weighted by atomic mass is 16.6. The molecule has 0 atom stereocenters. The molecule has 5 rings (SSSR count). The molecule has 4 aromatic rings. The van der Waals surface area contributed by atoms with E-state index in [2.05, 4.69) is 15.3 Å². The van der Waals surface area contributed by atoms with Crippen LogP contribution >= 0.6 is 0 Å². The van der Waals surface area contributed by atoms with Crippen molar-refractivity contribution in [2.24, 2.45) is 0 Å². The van der Waals surface area contributed by atoms with Crippen LogP contribution in [0, 0.1) is 0 Å². The van der Waals surface area contributed by atoms with Gasteiger partial charge in [-0.2, -0.15) is 0 Å². The predicted octanol–water partition coefficient (Wildman–Crippen LogP) is 3.81. The zero-order chi connectivity index (χ0) is 18.2. The molecule has 1 aromatic heterocycles. The number of amides is 1. The van der Waals surface area contributed by atoms with Crippen LogP contribution in [0.5, 0.6) is 11.5 Å². The smallest absolute Gasteiger partial charge is 0.258 e. The Morgan fingerprint density at radius 1 is 0.815 bits per heavy atom. The van der Waals surface area contributed by atoms with E-state index in [1.54, 1.807) is 18.2 Å². The molecule has 0 bridgehead atoms. The van der Waals surface area contributed by atoms with Crippen molar-refractivity contribution < 1.29 is 14.3 Å². The van der Waals surface area contributed by atoms with E-state index >= 15 is 0 Å². The van der Waals surface area contributed by atoms with E-state index in [-0.39, 0.29) is 5.91 Å². The third kappa shape index (κ3) is 2.71. The van der Waals surface area contributed by atoms with Crippen LogP contribution in [0.2, 0.25) is 0 Å². The zero-order valence-corrected chi connectivity index (χ0v) is 14.3. The highest BCUT2D eigenvalue weighted by Gasteiger charge is 2.19. The molecule has 1 aliphatic heterocycles. The number of nitrogens with zero attached hydrogens (tertiary/aromatic N) is 2. The van der Waals surface area contributed by atoms with Gasteiger partial charge in [-0.05, 0) is 36.4 Å². The predicted molar refractivity (Wildman–Crippen MR) is 102 cm³/mol. The number of carbonyl (C=O) groups excluding carboxylic acids is 1. The van der Waals surface area contributed by atoms with Crippen LogP contribution in [-0.4, -0.2) is 29.1 Å². The highest BCUT2D eigenvalue weighted by molar-refractivity contribution is 6.12. The lowest BCUT2D eigenvalue weighted by molar-refractivity contribution is 0.102. The number of nitrogens with one attached hydrogen (secondary N) is 1. The van der Waals surface area contributed by atoms with E-state index < -0.39 is 0 Å². The molecule has 3 aromatic carbocycles. The number of benzene rings is 3. The molecule has 132 valence electrons. The van der Waals surface area contributed by atoms with Gasteiger partial charge in [0.05, 0.1) is 27.8 Å². The zero-order valence-electron chi connectivity index (χ0n) is 14.3. The summed E-state index contributed by atoms with van der Waals surface area (Å²) in [4.78, 5) is 22.2. The van der Waals surface area contributed by atoms with Gasteiger partial charge in [0.25, 0.3) is 5.91 Å². The molecule has 0 radical (unpaired) electrons. The van der Waals surface area contributed by atoms with Gasteiger partial charge in [-0.3, -0.25) is 4.79 Å². The SMILES string of the molecule is O=C(Nc1cccc2c1OCCO2)c1cccc2nc3ccccc3nc12. The minimum Gasteiger partial charge on any atom is -0.486 e. The van der Waals surface area contributed by atoms with E-state index in [0.717, 1.165) is 11.0 Å². The third-order valence-electron chi connectivity index (χ3n) is 4.43. The van der Waals surface area contributed by atoms with Crippen LogP contribution in [0.25, 0.3) is 22.1 Å². The topological polar surface area (TPSA) is 73.3 Å². The standard InChI is InChI=1S/C21H15N3O3/c25-21(24-17-9-4-10-18-20(17)27-12-11-26-18)13-5-3-8-16-19(13)23-15-7-2-1-6-14(15)22-16/h1-10H,11-12H2,(H,24,25). The van der Waals surface area contributed by atoms with Crippen molar-refractivity contribution in [1.82, 2.24) is 9.97 Å². The fraction of sp³-hybridized carbons (Fsp3) is 0.0952. The molecule has 27 heavy (non-hydrogen) atoms. The summed E-state index contributed by atoms with van der Waals surface area (Å²) in [6, 6.07) is 18.4. The van der Waals surface area contributed by atoms with Crippen LogP contribution in [0.3, 0.4) is 0 Å². The second-order valence-corrected chi connectivity index (χ2v) is 6.17. The minimum absolute atomic E-state index is 0.271. The van der Waals surface area contributed by atoms with Crippen LogP contribution in [0.15, 0.2) is 60.7 Å². The fourth-order valence-electron chi connectivity index (χ4n) is 3.19. The molecule has 0 saturated heterocycles. The normalized spacial score (nSPS) is 12.9. The molecule has 0 fully saturated rings. The molecule has 0 aliphatic carbocycles. The van der Waals surface area contributed by atoms with Crippen LogP contribution in [0.4, 0.5) is 5.69 Å². The Kier molecular flexibility index (Phi) is 3.60. The first kappa shape index (κ1) is 15.6. The molecular weight excluding hydrogens is 342 g/mol. The Morgan fingerprint density at radius 2 is 1.56 bits per heavy atom. The molecular formula is C21H15N3O3. The van der Waals surface area contributed by atoms with Crippen molar-refractivity contribution in [2.75, 3.05) is 18.5 Å². The summed E-state index contributed by atoms with van der Waals surface area (Å²) in [6.07, 6.45) is 0. The van der Waals surface area contributed by atoms with E-state index in [4.69, 9.17) is 9.47 Å². The summed E-state index contributed by atoms with van der Waals surface area (Å²) in [7, 11) is 0. The Hall–Kier alpha value is -3.67. The van der Waals surface area contributed by atoms with Gasteiger partial charge in [0, 0.05) is 0 Å². The van der Waals surface area contributed by atoms with Gasteiger partial charge in [-0.25, -0.2) is 9.97 Å². The average Bonchev–Trinajstić information content (AvgIpc) is 2.72. The van der Waals surface area contributed by atoms with Crippen LogP contribution in [-0.2, 0) is 0 Å². The molecule has 2 heterocycles. The highest BCUT2D eigenvalue weighted by Crippen LogP contribution is 2.37. The summed E-state index contributed by atoms with van der Waals surface area (Å²) < 4.78 is 11.2. The second kappa shape index (κ2) is 6.25. The number of carbonyl (C=O) groups is 1. The van der Waals surface area contributed by atoms with Gasteiger partial charge in [-0.15, -0.1) is 0 Å². The largest absolute Gasteiger partial charge is 0.486 e. The van der Waals surface area contributed by atoms with Gasteiger partial charge >= 0.3 is 0 Å². The van der Waals surface area contributed by atoms with Gasteiger partial charge < -0.3 is 14.8 Å². The number of hydrogen-bond acceptors (Lipinski definition) is 5. The van der Waals surface area contributed by atoms with Crippen LogP contribution in [0.1, 0.15) is 10.4 Å². The first-order chi connectivity index (χ1) is 13.3. The summed E-state index contributed by atoms with van der Waals surface area (Å²) in [5.41, 5.74) is 3.82. The van der Waals surface area contributed by atoms with Gasteiger partial charge in [0.1, 0.15) is 18.7 Å². The molecule has 1 aliphatic rings. The van der Waals surface area contributed by atoms with Gasteiger partial charge in [0.2, 0.25) is 0 Å². The summed E-state index contributed by atoms with van der Waals surface area (Å²) in [5, 5.41) is 2.91. The van der Waals surface area contributed by atoms with E-state index in [1.807, 2.05) is 42.5 Å². The lowest BCUT2D eigenvalue weighted by Crippen LogP contribution is -2.19. The summed E-state index contributed by atoms with van der Waals surface area (Å²) in [6.45, 7) is 0.946. The Labute approximate surface area is 154 Å². The maximum absolute atomic E-state index is 13.0. The minimum atomic E-state index is -0.271. The molecule has 1 amide bonds. The van der Waals surface area contributed by atoms with Crippen molar-refractivity contribution in [3.05, 3.63) is 66.2 Å². The molecule has 1 N–H and O–H groups in total. The van der Waals surface area contributed by atoms with E-state index in [9.17, 15) is 4.79 Å². The van der Waals surface area contributed by atoms with Gasteiger partial charge in [-0.1, -0.05) is 24.3 Å². The molecule has 0 unspecified atom stereocenters. The summed E-state index contributed by atoms with van der Waals surface area (Å²) >= 11 is 0. The Morgan fingerprint density at radius 3 is 2.44 bits per heavy atom. The van der Waals surface area contributed by atoms with E-state index in [1.165, 1.54) is 0 Å². The first-order valence-corrected chi connectivity index (χ1v) is 8.65. The molecule has 0 saturated carbocycles. The van der Waals surface area contributed by atoms with Gasteiger partial charge in [0.15, 0.2) is 11.5 Å². The number of rotatable bonds is 2. The summed E-state index contributed by atoms with van der Waals surface area (Å²) in [5.74, 6) is 0.907. The monoisotopic (exact) mass is 357 g/mol. The first-order valence-electron chi connectivity index (χ1n) is 8.65. The number of anilines is 1. The molecule has 6 nitrogen and oxygen atoms in total. The number of aromatic nitrogens is 2. The lowest BCUT2D eigenvalue weighted by atomic mass is 10.1. The van der Waals surface area contributed by atoms with Crippen molar-refractivity contribution in [2.45, 2.75) is 0 Å². The maximum Gasteiger partial charge on any atom is 0.258 e. The second-order valence-electron chi connectivity index (χ2n) is 6.17. The van der Waals surface area contributed by atoms with E-state index in [0.29, 0.717) is 47.0 Å². The molecule has 0 spiro atoms. The maximum atomic E-state index is 13.0. The number of fused-ring (bicyclic) bond motifs is 3. The van der Waals surface area contributed by atoms with Crippen molar-refractivity contribution in [3.63, 3.8) is 0 Å². The van der Waals surface area contributed by atoms with Crippen LogP contribution < -0.4 is 14.8 Å². The fourth-order valence-corrected chi connectivity index (χ4v) is 3.19. The Balaban J connectivity index is 1.57. The average molecular weight is 357 g/mol. The molecule has 6 heteroatoms. The van der Waals surface area contributed by atoms with Crippen molar-refractivity contribution >= 4 is 33.7 Å².